The lowest BCUT2D eigenvalue weighted by atomic mass is 9.94. The molecule has 0 aliphatic carbocycles. The van der Waals surface area contributed by atoms with Crippen LogP contribution in [0.4, 0.5) is 13.2 Å². The van der Waals surface area contributed by atoms with Crippen molar-refractivity contribution in [1.82, 2.24) is 0 Å². The van der Waals surface area contributed by atoms with Crippen molar-refractivity contribution >= 4 is 11.8 Å². The zero-order valence-corrected chi connectivity index (χ0v) is 10.9. The molecule has 1 aromatic rings. The van der Waals surface area contributed by atoms with Gasteiger partial charge in [-0.05, 0) is 35.4 Å². The lowest BCUT2D eigenvalue weighted by Crippen LogP contribution is -2.33. The maximum Gasteiger partial charge on any atom is 0.446 e. The van der Waals surface area contributed by atoms with E-state index in [1.54, 1.807) is 0 Å². The van der Waals surface area contributed by atoms with Crippen molar-refractivity contribution in [2.24, 2.45) is 11.7 Å². The molecule has 0 spiro atoms. The number of benzene rings is 1. The summed E-state index contributed by atoms with van der Waals surface area (Å²) in [5.74, 6) is 0.0872. The topological polar surface area (TPSA) is 46.2 Å². The van der Waals surface area contributed by atoms with Gasteiger partial charge in [0.25, 0.3) is 0 Å². The molecule has 1 rings (SSSR count). The van der Waals surface area contributed by atoms with Gasteiger partial charge in [-0.25, -0.2) is 0 Å². The van der Waals surface area contributed by atoms with Gasteiger partial charge in [0.1, 0.15) is 0 Å². The maximum atomic E-state index is 12.1. The van der Waals surface area contributed by atoms with Crippen LogP contribution in [0.15, 0.2) is 29.2 Å². The first kappa shape index (κ1) is 15.3. The van der Waals surface area contributed by atoms with E-state index in [1.807, 2.05) is 13.8 Å². The normalized spacial score (nSPS) is 15.8. The van der Waals surface area contributed by atoms with Crippen LogP contribution >= 0.6 is 11.8 Å². The summed E-state index contributed by atoms with van der Waals surface area (Å²) in [5.41, 5.74) is 2.03. The van der Waals surface area contributed by atoms with E-state index >= 15 is 0 Å². The summed E-state index contributed by atoms with van der Waals surface area (Å²) in [5, 5.41) is 9.93. The van der Waals surface area contributed by atoms with E-state index in [2.05, 4.69) is 0 Å². The van der Waals surface area contributed by atoms with Gasteiger partial charge in [0.15, 0.2) is 0 Å². The molecule has 0 saturated heterocycles. The first-order valence-corrected chi connectivity index (χ1v) is 6.31. The SMILES string of the molecule is CC(C)C(N)C(O)c1ccc(SC(F)(F)F)cc1. The number of halogens is 3. The largest absolute Gasteiger partial charge is 0.446 e. The van der Waals surface area contributed by atoms with Gasteiger partial charge in [-0.2, -0.15) is 13.2 Å². The van der Waals surface area contributed by atoms with Crippen molar-refractivity contribution in [1.29, 1.82) is 0 Å². The Morgan fingerprint density at radius 2 is 1.67 bits per heavy atom. The molecule has 0 amide bonds. The monoisotopic (exact) mass is 279 g/mol. The van der Waals surface area contributed by atoms with Gasteiger partial charge in [0, 0.05) is 10.9 Å². The lowest BCUT2D eigenvalue weighted by Gasteiger charge is -2.22. The van der Waals surface area contributed by atoms with Crippen molar-refractivity contribution in [3.63, 3.8) is 0 Å². The molecule has 0 saturated carbocycles. The van der Waals surface area contributed by atoms with Crippen LogP contribution in [0.3, 0.4) is 0 Å². The molecule has 6 heteroatoms. The van der Waals surface area contributed by atoms with Crippen LogP contribution in [0, 0.1) is 5.92 Å². The molecule has 102 valence electrons. The lowest BCUT2D eigenvalue weighted by molar-refractivity contribution is -0.0328. The molecule has 0 fully saturated rings. The summed E-state index contributed by atoms with van der Waals surface area (Å²) in [7, 11) is 0. The Kier molecular flexibility index (Phi) is 5.07. The fraction of sp³-hybridized carbons (Fsp3) is 0.500. The first-order chi connectivity index (χ1) is 8.20. The molecule has 2 unspecified atom stereocenters. The number of aliphatic hydroxyl groups is 1. The highest BCUT2D eigenvalue weighted by Crippen LogP contribution is 2.37. The summed E-state index contributed by atoms with van der Waals surface area (Å²) in [6.07, 6.45) is -0.866. The van der Waals surface area contributed by atoms with E-state index < -0.39 is 17.7 Å². The van der Waals surface area contributed by atoms with E-state index in [4.69, 9.17) is 5.73 Å². The summed E-state index contributed by atoms with van der Waals surface area (Å²) >= 11 is -0.177. The number of thioether (sulfide) groups is 1. The van der Waals surface area contributed by atoms with Crippen molar-refractivity contribution in [2.75, 3.05) is 0 Å². The molecule has 2 nitrogen and oxygen atoms in total. The van der Waals surface area contributed by atoms with E-state index in [1.165, 1.54) is 24.3 Å². The predicted molar refractivity (Wildman–Crippen MR) is 66.1 cm³/mol. The molecule has 3 N–H and O–H groups in total. The van der Waals surface area contributed by atoms with Crippen LogP contribution in [0.1, 0.15) is 25.5 Å². The van der Waals surface area contributed by atoms with Gasteiger partial charge >= 0.3 is 5.51 Å². The van der Waals surface area contributed by atoms with Crippen molar-refractivity contribution < 1.29 is 18.3 Å². The molecule has 2 atom stereocenters. The molecule has 0 heterocycles. The predicted octanol–water partition coefficient (Wildman–Crippen LogP) is 3.32. The fourth-order valence-corrected chi connectivity index (χ4v) is 1.99. The van der Waals surface area contributed by atoms with Crippen molar-refractivity contribution in [3.8, 4) is 0 Å². The first-order valence-electron chi connectivity index (χ1n) is 5.50. The van der Waals surface area contributed by atoms with Gasteiger partial charge in [-0.3, -0.25) is 0 Å². The van der Waals surface area contributed by atoms with E-state index in [0.29, 0.717) is 5.56 Å². The van der Waals surface area contributed by atoms with Crippen LogP contribution in [0.5, 0.6) is 0 Å². The van der Waals surface area contributed by atoms with Crippen molar-refractivity contribution in [3.05, 3.63) is 29.8 Å². The molecule has 0 aromatic heterocycles. The molecule has 0 bridgehead atoms. The molecular weight excluding hydrogens is 263 g/mol. The van der Waals surface area contributed by atoms with Gasteiger partial charge in [0.05, 0.1) is 6.10 Å². The third-order valence-corrected chi connectivity index (χ3v) is 3.33. The third kappa shape index (κ3) is 4.51. The second-order valence-electron chi connectivity index (χ2n) is 4.38. The Morgan fingerprint density at radius 3 is 2.06 bits per heavy atom. The average molecular weight is 279 g/mol. The highest BCUT2D eigenvalue weighted by Gasteiger charge is 2.29. The number of aliphatic hydroxyl groups excluding tert-OH is 1. The minimum absolute atomic E-state index is 0.0872. The number of alkyl halides is 3. The standard InChI is InChI=1S/C12H16F3NOS/c1-7(2)10(16)11(17)8-3-5-9(6-4-8)18-12(13,14)15/h3-7,10-11,17H,16H2,1-2H3. The van der Waals surface area contributed by atoms with Crippen LogP contribution in [-0.2, 0) is 0 Å². The second kappa shape index (κ2) is 5.95. The third-order valence-electron chi connectivity index (χ3n) is 2.59. The molecule has 0 aliphatic rings. The minimum Gasteiger partial charge on any atom is -0.387 e. The smallest absolute Gasteiger partial charge is 0.387 e. The van der Waals surface area contributed by atoms with Gasteiger partial charge in [0.2, 0.25) is 0 Å². The Balaban J connectivity index is 2.77. The van der Waals surface area contributed by atoms with Gasteiger partial charge < -0.3 is 10.8 Å². The minimum atomic E-state index is -4.30. The van der Waals surface area contributed by atoms with Crippen LogP contribution in [0.25, 0.3) is 0 Å². The number of hydrogen-bond donors (Lipinski definition) is 2. The highest BCUT2D eigenvalue weighted by atomic mass is 32.2. The Labute approximate surface area is 108 Å². The highest BCUT2D eigenvalue weighted by molar-refractivity contribution is 8.00. The Bertz CT molecular complexity index is 378. The number of hydrogen-bond acceptors (Lipinski definition) is 3. The zero-order chi connectivity index (χ0) is 13.9. The summed E-state index contributed by atoms with van der Waals surface area (Å²) < 4.78 is 36.4. The summed E-state index contributed by atoms with van der Waals surface area (Å²) in [6.45, 7) is 3.75. The second-order valence-corrected chi connectivity index (χ2v) is 5.52. The van der Waals surface area contributed by atoms with Crippen LogP contribution in [-0.4, -0.2) is 16.7 Å². The molecule has 0 radical (unpaired) electrons. The molecular formula is C12H16F3NOS. The van der Waals surface area contributed by atoms with E-state index in [-0.39, 0.29) is 22.6 Å². The van der Waals surface area contributed by atoms with Crippen LogP contribution < -0.4 is 5.73 Å². The molecule has 18 heavy (non-hydrogen) atoms. The van der Waals surface area contributed by atoms with Gasteiger partial charge in [-0.1, -0.05) is 26.0 Å². The van der Waals surface area contributed by atoms with Crippen molar-refractivity contribution in [2.45, 2.75) is 36.4 Å². The molecule has 0 aliphatic heterocycles. The quantitative estimate of drug-likeness (QED) is 0.831. The van der Waals surface area contributed by atoms with Crippen LogP contribution in [0.2, 0.25) is 0 Å². The number of rotatable bonds is 4. The Morgan fingerprint density at radius 1 is 1.17 bits per heavy atom. The Hall–Kier alpha value is -0.720. The van der Waals surface area contributed by atoms with E-state index in [9.17, 15) is 18.3 Å². The van der Waals surface area contributed by atoms with E-state index in [0.717, 1.165) is 0 Å². The summed E-state index contributed by atoms with van der Waals surface area (Å²) in [4.78, 5) is 0.0940. The van der Waals surface area contributed by atoms with Gasteiger partial charge in [-0.15, -0.1) is 0 Å². The average Bonchev–Trinajstić information content (AvgIpc) is 2.26. The maximum absolute atomic E-state index is 12.1. The molecule has 1 aromatic carbocycles. The zero-order valence-electron chi connectivity index (χ0n) is 10.1. The fourth-order valence-electron chi connectivity index (χ4n) is 1.45. The summed E-state index contributed by atoms with van der Waals surface area (Å²) in [6, 6.07) is 5.18. The number of nitrogens with two attached hydrogens (primary N) is 1.